The lowest BCUT2D eigenvalue weighted by Gasteiger charge is -2.22. The summed E-state index contributed by atoms with van der Waals surface area (Å²) in [4.78, 5) is 13.0. The topological polar surface area (TPSA) is 40.5 Å². The Balaban J connectivity index is 0.00000261. The second-order valence-electron chi connectivity index (χ2n) is 6.72. The van der Waals surface area contributed by atoms with Crippen molar-refractivity contribution in [2.24, 2.45) is 0 Å². The Bertz CT molecular complexity index is 710. The quantitative estimate of drug-likeness (QED) is 0.738. The lowest BCUT2D eigenvalue weighted by molar-refractivity contribution is -0.138. The molecule has 0 unspecified atom stereocenters. The summed E-state index contributed by atoms with van der Waals surface area (Å²) in [6.45, 7) is 0.999. The van der Waals surface area contributed by atoms with E-state index in [0.29, 0.717) is 19.5 Å². The number of likely N-dealkylation sites (tertiary alicyclic amines) is 1. The van der Waals surface area contributed by atoms with E-state index in [9.17, 15) is 9.18 Å². The molecule has 2 aromatic rings. The normalized spacial score (nSPS) is 19.3. The van der Waals surface area contributed by atoms with Gasteiger partial charge in [-0.15, -0.1) is 12.4 Å². The lowest BCUT2D eigenvalue weighted by atomic mass is 9.97. The SMILES string of the molecule is Cl.O=C(O)C[C@H]1C[C@@H](F)CN1CCC=C(c1ccccc1)c1ccccc1. The first-order valence-electron chi connectivity index (χ1n) is 9.04. The minimum absolute atomic E-state index is 0. The van der Waals surface area contributed by atoms with Gasteiger partial charge in [0.2, 0.25) is 0 Å². The summed E-state index contributed by atoms with van der Waals surface area (Å²) in [6, 6.07) is 20.2. The number of nitrogens with zero attached hydrogens (tertiary/aromatic N) is 1. The van der Waals surface area contributed by atoms with Crippen molar-refractivity contribution < 1.29 is 14.3 Å². The molecule has 0 spiro atoms. The molecule has 1 aliphatic heterocycles. The van der Waals surface area contributed by atoms with Crippen molar-refractivity contribution in [3.05, 3.63) is 77.9 Å². The minimum Gasteiger partial charge on any atom is -0.481 e. The molecule has 1 saturated heterocycles. The Morgan fingerprint density at radius 2 is 1.63 bits per heavy atom. The summed E-state index contributed by atoms with van der Waals surface area (Å²) >= 11 is 0. The zero-order chi connectivity index (χ0) is 18.4. The highest BCUT2D eigenvalue weighted by molar-refractivity contribution is 5.85. The van der Waals surface area contributed by atoms with Crippen LogP contribution in [0.2, 0.25) is 0 Å². The van der Waals surface area contributed by atoms with Crippen LogP contribution in [-0.4, -0.2) is 41.3 Å². The molecular weight excluding hydrogens is 365 g/mol. The average Bonchev–Trinajstić information content (AvgIpc) is 2.98. The Labute approximate surface area is 165 Å². The van der Waals surface area contributed by atoms with E-state index < -0.39 is 12.1 Å². The molecule has 0 aromatic heterocycles. The summed E-state index contributed by atoms with van der Waals surface area (Å²) < 4.78 is 13.7. The molecule has 1 heterocycles. The number of carboxylic acids is 1. The molecule has 1 fully saturated rings. The van der Waals surface area contributed by atoms with E-state index in [1.54, 1.807) is 0 Å². The number of alkyl halides is 1. The molecule has 5 heteroatoms. The fourth-order valence-corrected chi connectivity index (χ4v) is 3.62. The zero-order valence-corrected chi connectivity index (χ0v) is 15.9. The highest BCUT2D eigenvalue weighted by Gasteiger charge is 2.32. The monoisotopic (exact) mass is 389 g/mol. The van der Waals surface area contributed by atoms with Gasteiger partial charge in [-0.3, -0.25) is 9.69 Å². The van der Waals surface area contributed by atoms with Crippen LogP contribution in [0, 0.1) is 0 Å². The molecule has 0 saturated carbocycles. The molecule has 0 amide bonds. The van der Waals surface area contributed by atoms with Crippen LogP contribution in [0.5, 0.6) is 0 Å². The van der Waals surface area contributed by atoms with E-state index in [0.717, 1.165) is 23.1 Å². The van der Waals surface area contributed by atoms with Crippen LogP contribution < -0.4 is 0 Å². The minimum atomic E-state index is -0.925. The maximum Gasteiger partial charge on any atom is 0.304 e. The van der Waals surface area contributed by atoms with Gasteiger partial charge in [-0.25, -0.2) is 4.39 Å². The van der Waals surface area contributed by atoms with E-state index in [4.69, 9.17) is 5.11 Å². The molecule has 3 rings (SSSR count). The highest BCUT2D eigenvalue weighted by Crippen LogP contribution is 2.26. The standard InChI is InChI=1S/C22H24FNO2.ClH/c23-19-14-20(15-22(25)26)24(16-19)13-7-12-21(17-8-3-1-4-9-17)18-10-5-2-6-11-18;/h1-6,8-12,19-20H,7,13-16H2,(H,25,26);1H/t19-,20-;/m1./s1. The van der Waals surface area contributed by atoms with Gasteiger partial charge in [0.1, 0.15) is 6.17 Å². The number of carbonyl (C=O) groups is 1. The van der Waals surface area contributed by atoms with Gasteiger partial charge in [0.25, 0.3) is 0 Å². The molecule has 3 nitrogen and oxygen atoms in total. The van der Waals surface area contributed by atoms with Crippen molar-refractivity contribution in [3.63, 3.8) is 0 Å². The van der Waals surface area contributed by atoms with Crippen LogP contribution in [0.15, 0.2) is 66.7 Å². The van der Waals surface area contributed by atoms with Gasteiger partial charge in [0.15, 0.2) is 0 Å². The van der Waals surface area contributed by atoms with E-state index >= 15 is 0 Å². The summed E-state index contributed by atoms with van der Waals surface area (Å²) in [6.07, 6.45) is 2.33. The first-order valence-corrected chi connectivity index (χ1v) is 9.04. The van der Waals surface area contributed by atoms with Crippen LogP contribution in [-0.2, 0) is 4.79 Å². The van der Waals surface area contributed by atoms with Crippen molar-refractivity contribution in [2.45, 2.75) is 31.5 Å². The second-order valence-corrected chi connectivity index (χ2v) is 6.72. The molecule has 2 aromatic carbocycles. The van der Waals surface area contributed by atoms with Crippen LogP contribution in [0.3, 0.4) is 0 Å². The van der Waals surface area contributed by atoms with Gasteiger partial charge in [0, 0.05) is 19.1 Å². The number of hydrogen-bond acceptors (Lipinski definition) is 2. The first-order chi connectivity index (χ1) is 12.6. The maximum atomic E-state index is 13.7. The van der Waals surface area contributed by atoms with Gasteiger partial charge in [0.05, 0.1) is 6.42 Å². The lowest BCUT2D eigenvalue weighted by Crippen LogP contribution is -2.32. The number of rotatable bonds is 7. The van der Waals surface area contributed by atoms with Gasteiger partial charge in [-0.2, -0.15) is 0 Å². The predicted octanol–water partition coefficient (Wildman–Crippen LogP) is 4.82. The molecule has 144 valence electrons. The smallest absolute Gasteiger partial charge is 0.304 e. The van der Waals surface area contributed by atoms with E-state index in [1.807, 2.05) is 41.3 Å². The third-order valence-corrected chi connectivity index (χ3v) is 4.82. The van der Waals surface area contributed by atoms with Crippen LogP contribution in [0.25, 0.3) is 5.57 Å². The van der Waals surface area contributed by atoms with Crippen molar-refractivity contribution in [2.75, 3.05) is 13.1 Å². The first kappa shape index (κ1) is 21.1. The molecule has 27 heavy (non-hydrogen) atoms. The molecule has 2 atom stereocenters. The van der Waals surface area contributed by atoms with E-state index in [1.165, 1.54) is 0 Å². The Morgan fingerprint density at radius 3 is 2.15 bits per heavy atom. The van der Waals surface area contributed by atoms with Crippen LogP contribution in [0.1, 0.15) is 30.4 Å². The molecular formula is C22H25ClFNO2. The highest BCUT2D eigenvalue weighted by atomic mass is 35.5. The molecule has 0 bridgehead atoms. The predicted molar refractivity (Wildman–Crippen MR) is 109 cm³/mol. The summed E-state index contributed by atoms with van der Waals surface area (Å²) in [5.41, 5.74) is 3.44. The number of carboxylic acid groups (broad SMARTS) is 1. The largest absolute Gasteiger partial charge is 0.481 e. The second kappa shape index (κ2) is 10.2. The fraction of sp³-hybridized carbons (Fsp3) is 0.318. The number of hydrogen-bond donors (Lipinski definition) is 1. The van der Waals surface area contributed by atoms with Crippen molar-refractivity contribution >= 4 is 23.9 Å². The summed E-state index contributed by atoms with van der Waals surface area (Å²) in [5.74, 6) is -0.862. The number of benzene rings is 2. The molecule has 1 aliphatic rings. The third kappa shape index (κ3) is 5.91. The van der Waals surface area contributed by atoms with Crippen molar-refractivity contribution in [1.82, 2.24) is 4.90 Å². The van der Waals surface area contributed by atoms with Crippen LogP contribution >= 0.6 is 12.4 Å². The van der Waals surface area contributed by atoms with E-state index in [2.05, 4.69) is 30.3 Å². The number of aliphatic carboxylic acids is 1. The molecule has 0 radical (unpaired) electrons. The average molecular weight is 390 g/mol. The van der Waals surface area contributed by atoms with Gasteiger partial charge in [-0.05, 0) is 29.5 Å². The Hall–Kier alpha value is -2.17. The number of halogens is 2. The summed E-state index contributed by atoms with van der Waals surface area (Å²) in [5, 5.41) is 9.03. The molecule has 1 N–H and O–H groups in total. The zero-order valence-electron chi connectivity index (χ0n) is 15.1. The van der Waals surface area contributed by atoms with Crippen molar-refractivity contribution in [3.8, 4) is 0 Å². The summed E-state index contributed by atoms with van der Waals surface area (Å²) in [7, 11) is 0. The van der Waals surface area contributed by atoms with Gasteiger partial charge >= 0.3 is 5.97 Å². The van der Waals surface area contributed by atoms with E-state index in [-0.39, 0.29) is 24.9 Å². The van der Waals surface area contributed by atoms with Crippen LogP contribution in [0.4, 0.5) is 4.39 Å². The Kier molecular flexibility index (Phi) is 8.01. The fourth-order valence-electron chi connectivity index (χ4n) is 3.62. The molecule has 0 aliphatic carbocycles. The van der Waals surface area contributed by atoms with Gasteiger partial charge < -0.3 is 5.11 Å². The maximum absolute atomic E-state index is 13.7. The van der Waals surface area contributed by atoms with Crippen molar-refractivity contribution in [1.29, 1.82) is 0 Å². The Morgan fingerprint density at radius 1 is 1.07 bits per heavy atom. The van der Waals surface area contributed by atoms with Gasteiger partial charge in [-0.1, -0.05) is 66.7 Å². The third-order valence-electron chi connectivity index (χ3n) is 4.82.